The summed E-state index contributed by atoms with van der Waals surface area (Å²) in [6.45, 7) is 0.188. The number of alkyl halides is 3. The molecule has 0 atom stereocenters. The molecule has 0 saturated heterocycles. The summed E-state index contributed by atoms with van der Waals surface area (Å²) in [7, 11) is 0. The Bertz CT molecular complexity index is 1110. The summed E-state index contributed by atoms with van der Waals surface area (Å²) in [5, 5.41) is 17.1. The minimum absolute atomic E-state index is 0.180. The Hall–Kier alpha value is -2.65. The molecule has 31 heavy (non-hydrogen) atoms. The van der Waals surface area contributed by atoms with Gasteiger partial charge in [-0.2, -0.15) is 18.3 Å². The van der Waals surface area contributed by atoms with Crippen LogP contribution in [0.5, 0.6) is 0 Å². The first kappa shape index (κ1) is 21.6. The summed E-state index contributed by atoms with van der Waals surface area (Å²) in [6, 6.07) is 5.36. The molecular formula is C21H20ClF3N4O2. The van der Waals surface area contributed by atoms with E-state index in [0.717, 1.165) is 49.5 Å². The van der Waals surface area contributed by atoms with Crippen LogP contribution in [0.1, 0.15) is 47.8 Å². The number of nitrogens with zero attached hydrogens (tertiary/aromatic N) is 3. The number of rotatable bonds is 4. The van der Waals surface area contributed by atoms with Crippen LogP contribution in [-0.4, -0.2) is 32.4 Å². The van der Waals surface area contributed by atoms with E-state index < -0.39 is 23.3 Å². The van der Waals surface area contributed by atoms with Gasteiger partial charge >= 0.3 is 6.18 Å². The molecule has 3 aromatic rings. The van der Waals surface area contributed by atoms with E-state index in [-0.39, 0.29) is 23.4 Å². The third-order valence-electron chi connectivity index (χ3n) is 5.68. The molecule has 2 aromatic heterocycles. The number of aromatic nitrogens is 3. The van der Waals surface area contributed by atoms with Crippen molar-refractivity contribution in [3.63, 3.8) is 0 Å². The molecule has 2 heterocycles. The number of benzene rings is 1. The maximum absolute atomic E-state index is 13.2. The topological polar surface area (TPSA) is 80.0 Å². The quantitative estimate of drug-likeness (QED) is 0.578. The molecule has 0 bridgehead atoms. The molecule has 2 N–H and O–H groups in total. The van der Waals surface area contributed by atoms with Gasteiger partial charge in [0, 0.05) is 18.2 Å². The smallest absolute Gasteiger partial charge is 0.396 e. The molecule has 1 saturated carbocycles. The van der Waals surface area contributed by atoms with E-state index in [4.69, 9.17) is 11.6 Å². The fraction of sp³-hybridized carbons (Fsp3) is 0.381. The molecule has 1 fully saturated rings. The van der Waals surface area contributed by atoms with Crippen LogP contribution < -0.4 is 5.32 Å². The average Bonchev–Trinajstić information content (AvgIpc) is 3.16. The number of pyridine rings is 1. The highest BCUT2D eigenvalue weighted by Crippen LogP contribution is 2.36. The second-order valence-corrected chi connectivity index (χ2v) is 8.10. The molecule has 164 valence electrons. The molecule has 0 unspecified atom stereocenters. The predicted molar refractivity (Wildman–Crippen MR) is 110 cm³/mol. The summed E-state index contributed by atoms with van der Waals surface area (Å²) in [6.07, 6.45) is 1.67. The zero-order valence-electron chi connectivity index (χ0n) is 16.4. The Morgan fingerprint density at radius 2 is 2.00 bits per heavy atom. The first-order valence-electron chi connectivity index (χ1n) is 9.89. The van der Waals surface area contributed by atoms with Gasteiger partial charge in [0.1, 0.15) is 5.69 Å². The van der Waals surface area contributed by atoms with Gasteiger partial charge in [-0.3, -0.25) is 14.5 Å². The molecule has 1 aliphatic carbocycles. The van der Waals surface area contributed by atoms with E-state index in [0.29, 0.717) is 11.3 Å². The average molecular weight is 453 g/mol. The highest BCUT2D eigenvalue weighted by Gasteiger charge is 2.36. The molecule has 4 rings (SSSR count). The van der Waals surface area contributed by atoms with Crippen molar-refractivity contribution >= 4 is 34.1 Å². The Balaban J connectivity index is 1.59. The monoisotopic (exact) mass is 452 g/mol. The summed E-state index contributed by atoms with van der Waals surface area (Å²) in [4.78, 5) is 16.1. The highest BCUT2D eigenvalue weighted by atomic mass is 35.5. The summed E-state index contributed by atoms with van der Waals surface area (Å²) in [5.74, 6) is -0.680. The molecule has 0 aliphatic heterocycles. The second-order valence-electron chi connectivity index (χ2n) is 7.69. The van der Waals surface area contributed by atoms with E-state index in [2.05, 4.69) is 15.4 Å². The SMILES string of the molecule is O=C(Nc1cc2cnn(C3CCC(CO)CC3)c2cc1Cl)c1ncccc1C(F)(F)F. The number of anilines is 1. The lowest BCUT2D eigenvalue weighted by atomic mass is 9.86. The molecular weight excluding hydrogens is 433 g/mol. The van der Waals surface area contributed by atoms with Crippen molar-refractivity contribution in [2.24, 2.45) is 5.92 Å². The zero-order chi connectivity index (χ0) is 22.2. The van der Waals surface area contributed by atoms with Crippen LogP contribution >= 0.6 is 11.6 Å². The number of hydrogen-bond donors (Lipinski definition) is 2. The van der Waals surface area contributed by atoms with Crippen LogP contribution in [0, 0.1) is 5.92 Å². The van der Waals surface area contributed by atoms with Crippen LogP contribution in [-0.2, 0) is 6.18 Å². The van der Waals surface area contributed by atoms with Gasteiger partial charge in [-0.05, 0) is 55.9 Å². The standard InChI is InChI=1S/C21H20ClF3N4O2/c22-16-9-18-13(10-27-29(18)14-5-3-12(11-30)4-6-14)8-17(16)28-20(31)19-15(21(23,24)25)2-1-7-26-19/h1-2,7-10,12,14,30H,3-6,11H2,(H,28,31). The molecule has 1 aliphatic rings. The Kier molecular flexibility index (Phi) is 5.90. The fourth-order valence-electron chi connectivity index (χ4n) is 4.02. The molecule has 6 nitrogen and oxygen atoms in total. The Morgan fingerprint density at radius 1 is 1.26 bits per heavy atom. The van der Waals surface area contributed by atoms with Crippen molar-refractivity contribution < 1.29 is 23.1 Å². The third-order valence-corrected chi connectivity index (χ3v) is 5.99. The van der Waals surface area contributed by atoms with Crippen LogP contribution in [0.3, 0.4) is 0 Å². The van der Waals surface area contributed by atoms with E-state index in [1.807, 2.05) is 4.68 Å². The van der Waals surface area contributed by atoms with Crippen LogP contribution in [0.25, 0.3) is 10.9 Å². The number of halogens is 4. The minimum Gasteiger partial charge on any atom is -0.396 e. The van der Waals surface area contributed by atoms with Gasteiger partial charge in [0.2, 0.25) is 0 Å². The lowest BCUT2D eigenvalue weighted by Crippen LogP contribution is -2.21. The van der Waals surface area contributed by atoms with Crippen molar-refractivity contribution in [3.05, 3.63) is 52.9 Å². The van der Waals surface area contributed by atoms with E-state index in [9.17, 15) is 23.1 Å². The van der Waals surface area contributed by atoms with Gasteiger partial charge in [-0.15, -0.1) is 0 Å². The van der Waals surface area contributed by atoms with Crippen molar-refractivity contribution in [1.29, 1.82) is 0 Å². The van der Waals surface area contributed by atoms with Gasteiger partial charge in [0.15, 0.2) is 0 Å². The van der Waals surface area contributed by atoms with Gasteiger partial charge in [0.05, 0.1) is 34.0 Å². The summed E-state index contributed by atoms with van der Waals surface area (Å²) in [5.41, 5.74) is -0.871. The van der Waals surface area contributed by atoms with Crippen LogP contribution in [0.4, 0.5) is 18.9 Å². The number of amides is 1. The number of fused-ring (bicyclic) bond motifs is 1. The molecule has 1 amide bonds. The minimum atomic E-state index is -4.70. The zero-order valence-corrected chi connectivity index (χ0v) is 17.1. The van der Waals surface area contributed by atoms with Crippen molar-refractivity contribution in [1.82, 2.24) is 14.8 Å². The van der Waals surface area contributed by atoms with Crippen LogP contribution in [0.15, 0.2) is 36.7 Å². The lowest BCUT2D eigenvalue weighted by Gasteiger charge is -2.28. The Labute approximate surface area is 181 Å². The first-order chi connectivity index (χ1) is 14.8. The van der Waals surface area contributed by atoms with Gasteiger partial charge in [-0.1, -0.05) is 11.6 Å². The van der Waals surface area contributed by atoms with E-state index in [1.165, 1.54) is 0 Å². The number of aliphatic hydroxyl groups is 1. The van der Waals surface area contributed by atoms with Crippen molar-refractivity contribution in [2.75, 3.05) is 11.9 Å². The Morgan fingerprint density at radius 3 is 2.68 bits per heavy atom. The maximum Gasteiger partial charge on any atom is 0.418 e. The second kappa shape index (κ2) is 8.47. The maximum atomic E-state index is 13.2. The summed E-state index contributed by atoms with van der Waals surface area (Å²) >= 11 is 6.35. The first-order valence-corrected chi connectivity index (χ1v) is 10.3. The fourth-order valence-corrected chi connectivity index (χ4v) is 4.23. The molecule has 10 heteroatoms. The molecule has 0 radical (unpaired) electrons. The van der Waals surface area contributed by atoms with Gasteiger partial charge in [0.25, 0.3) is 5.91 Å². The van der Waals surface area contributed by atoms with Gasteiger partial charge in [-0.25, -0.2) is 0 Å². The molecule has 0 spiro atoms. The van der Waals surface area contributed by atoms with Gasteiger partial charge < -0.3 is 10.4 Å². The predicted octanol–water partition coefficient (Wildman–Crippen LogP) is 5.08. The van der Waals surface area contributed by atoms with E-state index in [1.54, 1.807) is 18.3 Å². The van der Waals surface area contributed by atoms with Crippen molar-refractivity contribution in [2.45, 2.75) is 37.9 Å². The lowest BCUT2D eigenvalue weighted by molar-refractivity contribution is -0.138. The largest absolute Gasteiger partial charge is 0.418 e. The number of carbonyl (C=O) groups excluding carboxylic acids is 1. The number of hydrogen-bond acceptors (Lipinski definition) is 4. The normalized spacial score (nSPS) is 19.5. The summed E-state index contributed by atoms with van der Waals surface area (Å²) < 4.78 is 41.5. The number of aliphatic hydroxyl groups excluding tert-OH is 1. The van der Waals surface area contributed by atoms with Crippen molar-refractivity contribution in [3.8, 4) is 0 Å². The van der Waals surface area contributed by atoms with Crippen LogP contribution in [0.2, 0.25) is 5.02 Å². The van der Waals surface area contributed by atoms with E-state index >= 15 is 0 Å². The third kappa shape index (κ3) is 4.38. The molecule has 1 aromatic carbocycles. The number of nitrogens with one attached hydrogen (secondary N) is 1. The number of carbonyl (C=O) groups is 1. The highest BCUT2D eigenvalue weighted by molar-refractivity contribution is 6.34.